The fourth-order valence-electron chi connectivity index (χ4n) is 4.02. The summed E-state index contributed by atoms with van der Waals surface area (Å²) in [5.74, 6) is 0.423. The van der Waals surface area contributed by atoms with E-state index in [1.54, 1.807) is 6.20 Å². The lowest BCUT2D eigenvalue weighted by molar-refractivity contribution is -0.181. The summed E-state index contributed by atoms with van der Waals surface area (Å²) in [5.41, 5.74) is 1.48. The van der Waals surface area contributed by atoms with Gasteiger partial charge < -0.3 is 24.0 Å². The maximum absolute atomic E-state index is 12.9. The number of amides is 1. The Labute approximate surface area is 173 Å². The average Bonchev–Trinajstić information content (AvgIpc) is 3.45. The van der Waals surface area contributed by atoms with Crippen molar-refractivity contribution in [2.75, 3.05) is 57.5 Å². The number of likely N-dealkylation sites (tertiary alicyclic amines) is 1. The fourth-order valence-corrected chi connectivity index (χ4v) is 4.81. The molecule has 9 heteroatoms. The van der Waals surface area contributed by atoms with Crippen molar-refractivity contribution in [3.8, 4) is 10.6 Å². The Morgan fingerprint density at radius 3 is 2.59 bits per heavy atom. The predicted molar refractivity (Wildman–Crippen MR) is 108 cm³/mol. The Bertz CT molecular complexity index is 867. The lowest BCUT2D eigenvalue weighted by Crippen LogP contribution is -2.47. The number of carbonyl (C=O) groups excluding carboxylic acids is 1. The molecule has 0 aromatic carbocycles. The molecule has 2 aromatic rings. The first-order chi connectivity index (χ1) is 14.2. The van der Waals surface area contributed by atoms with Crippen molar-refractivity contribution in [3.05, 3.63) is 29.4 Å². The quantitative estimate of drug-likeness (QED) is 0.758. The molecule has 3 fully saturated rings. The van der Waals surface area contributed by atoms with Crippen molar-refractivity contribution in [3.63, 3.8) is 0 Å². The molecule has 154 valence electrons. The predicted octanol–water partition coefficient (Wildman–Crippen LogP) is 2.02. The standard InChI is InChI=1S/C20H24N4O4S/c25-19(24-5-2-20(3-6-24)27-11-12-28-20)16-14-29-18(22-16)15-1-4-21-17(13-15)23-7-9-26-10-8-23/h1,4,13-14H,2-3,5-12H2. The third-order valence-electron chi connectivity index (χ3n) is 5.68. The fraction of sp³-hybridized carbons (Fsp3) is 0.550. The molecule has 0 radical (unpaired) electrons. The van der Waals surface area contributed by atoms with Crippen molar-refractivity contribution in [2.45, 2.75) is 18.6 Å². The van der Waals surface area contributed by atoms with Gasteiger partial charge in [-0.25, -0.2) is 9.97 Å². The van der Waals surface area contributed by atoms with Gasteiger partial charge in [0, 0.05) is 56.2 Å². The van der Waals surface area contributed by atoms with E-state index in [1.807, 2.05) is 22.4 Å². The van der Waals surface area contributed by atoms with Gasteiger partial charge in [0.15, 0.2) is 5.79 Å². The summed E-state index contributed by atoms with van der Waals surface area (Å²) in [7, 11) is 0. The van der Waals surface area contributed by atoms with Gasteiger partial charge in [-0.05, 0) is 12.1 Å². The van der Waals surface area contributed by atoms with Crippen LogP contribution in [0.2, 0.25) is 0 Å². The number of ether oxygens (including phenoxy) is 3. The topological polar surface area (TPSA) is 77.0 Å². The highest BCUT2D eigenvalue weighted by Crippen LogP contribution is 2.32. The first-order valence-electron chi connectivity index (χ1n) is 10.0. The largest absolute Gasteiger partial charge is 0.378 e. The van der Waals surface area contributed by atoms with Crippen LogP contribution in [0.15, 0.2) is 23.7 Å². The van der Waals surface area contributed by atoms with Crippen molar-refractivity contribution in [2.24, 2.45) is 0 Å². The minimum Gasteiger partial charge on any atom is -0.378 e. The van der Waals surface area contributed by atoms with E-state index in [0.717, 1.165) is 42.7 Å². The molecule has 1 amide bonds. The number of aromatic nitrogens is 2. The summed E-state index contributed by atoms with van der Waals surface area (Å²) < 4.78 is 16.9. The number of carbonyl (C=O) groups is 1. The van der Waals surface area contributed by atoms with Gasteiger partial charge in [-0.1, -0.05) is 0 Å². The first-order valence-corrected chi connectivity index (χ1v) is 10.9. The molecular weight excluding hydrogens is 392 g/mol. The Hall–Kier alpha value is -2.07. The molecule has 0 saturated carbocycles. The normalized spacial score (nSPS) is 21.7. The van der Waals surface area contributed by atoms with Gasteiger partial charge in [0.1, 0.15) is 16.5 Å². The Balaban J connectivity index is 1.27. The molecule has 3 aliphatic heterocycles. The zero-order valence-corrected chi connectivity index (χ0v) is 17.0. The maximum atomic E-state index is 12.9. The number of piperidine rings is 1. The van der Waals surface area contributed by atoms with E-state index >= 15 is 0 Å². The molecule has 0 bridgehead atoms. The van der Waals surface area contributed by atoms with Crippen molar-refractivity contribution in [1.82, 2.24) is 14.9 Å². The van der Waals surface area contributed by atoms with E-state index in [2.05, 4.69) is 14.9 Å². The van der Waals surface area contributed by atoms with Crippen molar-refractivity contribution in [1.29, 1.82) is 0 Å². The van der Waals surface area contributed by atoms with Crippen LogP contribution in [0.4, 0.5) is 5.82 Å². The second kappa shape index (κ2) is 7.98. The molecule has 5 heterocycles. The van der Waals surface area contributed by atoms with Crippen LogP contribution < -0.4 is 4.90 Å². The van der Waals surface area contributed by atoms with Gasteiger partial charge in [-0.2, -0.15) is 0 Å². The van der Waals surface area contributed by atoms with Gasteiger partial charge in [0.05, 0.1) is 26.4 Å². The molecule has 2 aromatic heterocycles. The van der Waals surface area contributed by atoms with E-state index in [-0.39, 0.29) is 5.91 Å². The van der Waals surface area contributed by atoms with E-state index in [0.29, 0.717) is 44.8 Å². The molecule has 1 spiro atoms. The Kier molecular flexibility index (Phi) is 5.21. The number of anilines is 1. The second-order valence-corrected chi connectivity index (χ2v) is 8.30. The molecule has 3 saturated heterocycles. The summed E-state index contributed by atoms with van der Waals surface area (Å²) in [5, 5.41) is 2.68. The highest BCUT2D eigenvalue weighted by atomic mass is 32.1. The molecule has 0 atom stereocenters. The van der Waals surface area contributed by atoms with Crippen LogP contribution in [0.25, 0.3) is 10.6 Å². The van der Waals surface area contributed by atoms with E-state index in [9.17, 15) is 4.79 Å². The molecule has 5 rings (SSSR count). The minimum atomic E-state index is -0.475. The van der Waals surface area contributed by atoms with E-state index in [4.69, 9.17) is 14.2 Å². The second-order valence-electron chi connectivity index (χ2n) is 7.44. The minimum absolute atomic E-state index is 0.0252. The first kappa shape index (κ1) is 18.9. The van der Waals surface area contributed by atoms with Gasteiger partial charge >= 0.3 is 0 Å². The summed E-state index contributed by atoms with van der Waals surface area (Å²) in [6.07, 6.45) is 3.22. The molecule has 0 aliphatic carbocycles. The maximum Gasteiger partial charge on any atom is 0.273 e. The lowest BCUT2D eigenvalue weighted by atomic mass is 10.0. The van der Waals surface area contributed by atoms with Crippen LogP contribution >= 0.6 is 11.3 Å². The van der Waals surface area contributed by atoms with E-state index in [1.165, 1.54) is 11.3 Å². The molecule has 29 heavy (non-hydrogen) atoms. The zero-order chi connectivity index (χ0) is 19.7. The van der Waals surface area contributed by atoms with Crippen LogP contribution in [0.5, 0.6) is 0 Å². The summed E-state index contributed by atoms with van der Waals surface area (Å²) in [4.78, 5) is 26.1. The van der Waals surface area contributed by atoms with E-state index < -0.39 is 5.79 Å². The number of pyridine rings is 1. The van der Waals surface area contributed by atoms with Crippen molar-refractivity contribution < 1.29 is 19.0 Å². The highest BCUT2D eigenvalue weighted by Gasteiger charge is 2.41. The Morgan fingerprint density at radius 1 is 1.07 bits per heavy atom. The van der Waals surface area contributed by atoms with Crippen molar-refractivity contribution >= 4 is 23.1 Å². The highest BCUT2D eigenvalue weighted by molar-refractivity contribution is 7.13. The summed E-state index contributed by atoms with van der Waals surface area (Å²) in [6.45, 7) is 5.64. The van der Waals surface area contributed by atoms with Crippen LogP contribution in [0.3, 0.4) is 0 Å². The number of hydrogen-bond donors (Lipinski definition) is 0. The third kappa shape index (κ3) is 3.87. The van der Waals surface area contributed by atoms with Crippen LogP contribution in [0, 0.1) is 0 Å². The molecular formula is C20H24N4O4S. The number of hydrogen-bond acceptors (Lipinski definition) is 8. The van der Waals surface area contributed by atoms with Crippen LogP contribution in [-0.4, -0.2) is 79.2 Å². The smallest absolute Gasteiger partial charge is 0.273 e. The summed E-state index contributed by atoms with van der Waals surface area (Å²) >= 11 is 1.49. The van der Waals surface area contributed by atoms with Gasteiger partial charge in [0.25, 0.3) is 5.91 Å². The number of rotatable bonds is 3. The van der Waals surface area contributed by atoms with Crippen LogP contribution in [0.1, 0.15) is 23.3 Å². The zero-order valence-electron chi connectivity index (χ0n) is 16.2. The average molecular weight is 417 g/mol. The van der Waals surface area contributed by atoms with Gasteiger partial charge in [-0.3, -0.25) is 4.79 Å². The molecule has 8 nitrogen and oxygen atoms in total. The number of morpholine rings is 1. The summed E-state index contributed by atoms with van der Waals surface area (Å²) in [6, 6.07) is 3.98. The monoisotopic (exact) mass is 416 g/mol. The van der Waals surface area contributed by atoms with Gasteiger partial charge in [0.2, 0.25) is 0 Å². The third-order valence-corrected chi connectivity index (χ3v) is 6.57. The van der Waals surface area contributed by atoms with Gasteiger partial charge in [-0.15, -0.1) is 11.3 Å². The lowest BCUT2D eigenvalue weighted by Gasteiger charge is -2.37. The Morgan fingerprint density at radius 2 is 1.83 bits per heavy atom. The molecule has 3 aliphatic rings. The molecule has 0 unspecified atom stereocenters. The number of nitrogens with zero attached hydrogens (tertiary/aromatic N) is 4. The number of thiazole rings is 1. The SMILES string of the molecule is O=C(c1csc(-c2ccnc(N3CCOCC3)c2)n1)N1CCC2(CC1)OCCO2. The van der Waals surface area contributed by atoms with Crippen LogP contribution in [-0.2, 0) is 14.2 Å². The molecule has 0 N–H and O–H groups in total.